The van der Waals surface area contributed by atoms with E-state index in [1.165, 1.54) is 5.56 Å². The standard InChI is InChI=1S/C25H33N5O2.HI/c1-3-27-24(32)22-11-9-20(10-12-22)16-28-25(26-2)29-17-21-15-23(31)30(18-21)14-13-19-7-5-4-6-8-19;/h4-12,21H,3,13-18H2,1-2H3,(H,27,32)(H2,26,28,29);1H. The molecule has 3 rings (SSSR count). The Hall–Kier alpha value is -2.62. The zero-order chi connectivity index (χ0) is 22.8. The molecule has 8 heteroatoms. The summed E-state index contributed by atoms with van der Waals surface area (Å²) in [6.45, 7) is 5.35. The first-order valence-corrected chi connectivity index (χ1v) is 11.2. The summed E-state index contributed by atoms with van der Waals surface area (Å²) < 4.78 is 0. The third-order valence-corrected chi connectivity index (χ3v) is 5.60. The van der Waals surface area contributed by atoms with Gasteiger partial charge < -0.3 is 20.9 Å². The highest BCUT2D eigenvalue weighted by molar-refractivity contribution is 14.0. The summed E-state index contributed by atoms with van der Waals surface area (Å²) in [7, 11) is 1.74. The van der Waals surface area contributed by atoms with E-state index in [2.05, 4.69) is 33.1 Å². The molecule has 1 fully saturated rings. The Morgan fingerprint density at radius 3 is 2.42 bits per heavy atom. The first-order valence-electron chi connectivity index (χ1n) is 11.2. The number of nitrogens with one attached hydrogen (secondary N) is 3. The van der Waals surface area contributed by atoms with E-state index in [4.69, 9.17) is 0 Å². The van der Waals surface area contributed by atoms with Crippen LogP contribution >= 0.6 is 24.0 Å². The summed E-state index contributed by atoms with van der Waals surface area (Å²) in [5, 5.41) is 9.43. The van der Waals surface area contributed by atoms with Crippen LogP contribution < -0.4 is 16.0 Å². The minimum Gasteiger partial charge on any atom is -0.356 e. The lowest BCUT2D eigenvalue weighted by Gasteiger charge is -2.18. The maximum atomic E-state index is 12.4. The molecule has 1 saturated heterocycles. The molecular formula is C25H34IN5O2. The van der Waals surface area contributed by atoms with Gasteiger partial charge in [-0.1, -0.05) is 42.5 Å². The number of guanidine groups is 1. The van der Waals surface area contributed by atoms with Gasteiger partial charge in [0, 0.05) is 57.7 Å². The molecule has 178 valence electrons. The average Bonchev–Trinajstić information content (AvgIpc) is 3.18. The number of aliphatic imine (C=N–C) groups is 1. The van der Waals surface area contributed by atoms with Gasteiger partial charge in [0.05, 0.1) is 0 Å². The number of carbonyl (C=O) groups excluding carboxylic acids is 2. The fraction of sp³-hybridized carbons (Fsp3) is 0.400. The molecule has 1 aliphatic rings. The molecule has 0 aromatic heterocycles. The van der Waals surface area contributed by atoms with Crippen molar-refractivity contribution < 1.29 is 9.59 Å². The number of hydrogen-bond donors (Lipinski definition) is 3. The average molecular weight is 563 g/mol. The lowest BCUT2D eigenvalue weighted by atomic mass is 10.1. The maximum Gasteiger partial charge on any atom is 0.251 e. The molecule has 0 radical (unpaired) electrons. The second kappa shape index (κ2) is 13.8. The molecule has 1 atom stereocenters. The van der Waals surface area contributed by atoms with E-state index in [1.807, 2.05) is 54.3 Å². The minimum atomic E-state index is -0.0617. The van der Waals surface area contributed by atoms with E-state index < -0.39 is 0 Å². The van der Waals surface area contributed by atoms with Crippen LogP contribution in [0.4, 0.5) is 0 Å². The van der Waals surface area contributed by atoms with E-state index in [-0.39, 0.29) is 41.7 Å². The van der Waals surface area contributed by atoms with Crippen LogP contribution in [0, 0.1) is 5.92 Å². The van der Waals surface area contributed by atoms with Crippen LogP contribution in [0.3, 0.4) is 0 Å². The summed E-state index contributed by atoms with van der Waals surface area (Å²) in [6.07, 6.45) is 1.45. The molecular weight excluding hydrogens is 529 g/mol. The quantitative estimate of drug-likeness (QED) is 0.249. The second-order valence-electron chi connectivity index (χ2n) is 8.01. The van der Waals surface area contributed by atoms with Crippen LogP contribution in [0.25, 0.3) is 0 Å². The first kappa shape index (κ1) is 26.6. The fourth-order valence-corrected chi connectivity index (χ4v) is 3.80. The molecule has 7 nitrogen and oxygen atoms in total. The molecule has 33 heavy (non-hydrogen) atoms. The van der Waals surface area contributed by atoms with Crippen molar-refractivity contribution in [3.05, 3.63) is 71.3 Å². The SMILES string of the molecule is CCNC(=O)c1ccc(CNC(=NC)NCC2CC(=O)N(CCc3ccccc3)C2)cc1.I. The number of likely N-dealkylation sites (tertiary alicyclic amines) is 1. The number of benzene rings is 2. The van der Waals surface area contributed by atoms with Crippen LogP contribution in [0.5, 0.6) is 0 Å². The van der Waals surface area contributed by atoms with E-state index in [0.717, 1.165) is 25.1 Å². The Kier molecular flexibility index (Phi) is 11.2. The van der Waals surface area contributed by atoms with Crippen molar-refractivity contribution in [2.24, 2.45) is 10.9 Å². The Balaban J connectivity index is 0.00000385. The van der Waals surface area contributed by atoms with Gasteiger partial charge in [-0.2, -0.15) is 0 Å². The van der Waals surface area contributed by atoms with Crippen molar-refractivity contribution in [3.63, 3.8) is 0 Å². The highest BCUT2D eigenvalue weighted by atomic mass is 127. The summed E-state index contributed by atoms with van der Waals surface area (Å²) >= 11 is 0. The number of halogens is 1. The molecule has 2 aromatic rings. The van der Waals surface area contributed by atoms with Crippen molar-refractivity contribution in [3.8, 4) is 0 Å². The third kappa shape index (κ3) is 8.34. The van der Waals surface area contributed by atoms with Crippen LogP contribution in [0.2, 0.25) is 0 Å². The van der Waals surface area contributed by atoms with Gasteiger partial charge in [-0.25, -0.2) is 0 Å². The Morgan fingerprint density at radius 1 is 1.03 bits per heavy atom. The Labute approximate surface area is 213 Å². The largest absolute Gasteiger partial charge is 0.356 e. The van der Waals surface area contributed by atoms with Crippen LogP contribution in [-0.4, -0.2) is 55.9 Å². The van der Waals surface area contributed by atoms with Gasteiger partial charge in [-0.05, 0) is 36.6 Å². The lowest BCUT2D eigenvalue weighted by Crippen LogP contribution is -2.40. The predicted octanol–water partition coefficient (Wildman–Crippen LogP) is 2.81. The summed E-state index contributed by atoms with van der Waals surface area (Å²) in [4.78, 5) is 30.5. The van der Waals surface area contributed by atoms with Crippen molar-refractivity contribution in [2.45, 2.75) is 26.3 Å². The van der Waals surface area contributed by atoms with E-state index in [0.29, 0.717) is 37.6 Å². The molecule has 0 saturated carbocycles. The molecule has 1 heterocycles. The highest BCUT2D eigenvalue weighted by Crippen LogP contribution is 2.17. The number of amides is 2. The van der Waals surface area contributed by atoms with Crippen molar-refractivity contribution >= 4 is 41.8 Å². The zero-order valence-electron chi connectivity index (χ0n) is 19.3. The first-order chi connectivity index (χ1) is 15.6. The topological polar surface area (TPSA) is 85.8 Å². The highest BCUT2D eigenvalue weighted by Gasteiger charge is 2.29. The maximum absolute atomic E-state index is 12.4. The molecule has 2 amide bonds. The van der Waals surface area contributed by atoms with Gasteiger partial charge in [-0.15, -0.1) is 24.0 Å². The van der Waals surface area contributed by atoms with Gasteiger partial charge >= 0.3 is 0 Å². The smallest absolute Gasteiger partial charge is 0.251 e. The van der Waals surface area contributed by atoms with Gasteiger partial charge in [0.2, 0.25) is 5.91 Å². The second-order valence-corrected chi connectivity index (χ2v) is 8.01. The van der Waals surface area contributed by atoms with E-state index in [1.54, 1.807) is 7.05 Å². The summed E-state index contributed by atoms with van der Waals surface area (Å²) in [5.74, 6) is 1.14. The number of rotatable bonds is 9. The van der Waals surface area contributed by atoms with Gasteiger partial charge in [0.1, 0.15) is 0 Å². The molecule has 1 aliphatic heterocycles. The van der Waals surface area contributed by atoms with E-state index >= 15 is 0 Å². The monoisotopic (exact) mass is 563 g/mol. The number of hydrogen-bond acceptors (Lipinski definition) is 3. The van der Waals surface area contributed by atoms with Gasteiger partial charge in [0.25, 0.3) is 5.91 Å². The third-order valence-electron chi connectivity index (χ3n) is 5.60. The van der Waals surface area contributed by atoms with Gasteiger partial charge in [-0.3, -0.25) is 14.6 Å². The van der Waals surface area contributed by atoms with Crippen molar-refractivity contribution in [1.82, 2.24) is 20.9 Å². The summed E-state index contributed by atoms with van der Waals surface area (Å²) in [5.41, 5.74) is 2.97. The predicted molar refractivity (Wildman–Crippen MR) is 143 cm³/mol. The number of carbonyl (C=O) groups is 2. The Bertz CT molecular complexity index is 918. The number of nitrogens with zero attached hydrogens (tertiary/aromatic N) is 2. The van der Waals surface area contributed by atoms with Gasteiger partial charge in [0.15, 0.2) is 5.96 Å². The molecule has 3 N–H and O–H groups in total. The van der Waals surface area contributed by atoms with Crippen molar-refractivity contribution in [2.75, 3.05) is 33.2 Å². The summed E-state index contributed by atoms with van der Waals surface area (Å²) in [6, 6.07) is 17.8. The zero-order valence-corrected chi connectivity index (χ0v) is 21.7. The van der Waals surface area contributed by atoms with Crippen molar-refractivity contribution in [1.29, 1.82) is 0 Å². The minimum absolute atomic E-state index is 0. The van der Waals surface area contributed by atoms with Crippen LogP contribution in [0.15, 0.2) is 59.6 Å². The van der Waals surface area contributed by atoms with Crippen LogP contribution in [0.1, 0.15) is 34.8 Å². The molecule has 2 aromatic carbocycles. The molecule has 0 aliphatic carbocycles. The normalized spacial score (nSPS) is 15.7. The van der Waals surface area contributed by atoms with E-state index in [9.17, 15) is 9.59 Å². The van der Waals surface area contributed by atoms with Crippen LogP contribution in [-0.2, 0) is 17.8 Å². The lowest BCUT2D eigenvalue weighted by molar-refractivity contribution is -0.127. The fourth-order valence-electron chi connectivity index (χ4n) is 3.80. The molecule has 0 spiro atoms. The molecule has 0 bridgehead atoms. The molecule has 1 unspecified atom stereocenters. The Morgan fingerprint density at radius 2 is 1.76 bits per heavy atom.